The summed E-state index contributed by atoms with van der Waals surface area (Å²) in [5.41, 5.74) is 0. The normalized spacial score (nSPS) is 8.54. The summed E-state index contributed by atoms with van der Waals surface area (Å²) in [5.74, 6) is 0. The molecular weight excluding hydrogens is 176 g/mol. The van der Waals surface area contributed by atoms with Gasteiger partial charge in [0.2, 0.25) is 0 Å². The fourth-order valence-corrected chi connectivity index (χ4v) is 0.503. The zero-order chi connectivity index (χ0) is 10.4. The number of carbonyl (C=O) groups excluding carboxylic acids is 3. The third-order valence-corrected chi connectivity index (χ3v) is 1.27. The minimum absolute atomic E-state index is 0.596. The molecule has 3 N–H and O–H groups in total. The fourth-order valence-electron chi connectivity index (χ4n) is 0.503. The number of hydrogen-bond acceptors (Lipinski definition) is 3. The molecule has 0 fully saturated rings. The topological polar surface area (TPSA) is 90.5 Å². The molecule has 0 radical (unpaired) electrons. The van der Waals surface area contributed by atoms with E-state index in [0.717, 1.165) is 4.90 Å². The van der Waals surface area contributed by atoms with Crippen LogP contribution in [0.5, 0.6) is 0 Å². The Morgan fingerprint density at radius 3 is 1.92 bits per heavy atom. The summed E-state index contributed by atoms with van der Waals surface area (Å²) >= 11 is 0. The van der Waals surface area contributed by atoms with Crippen LogP contribution < -0.4 is 16.0 Å². The van der Waals surface area contributed by atoms with Crippen molar-refractivity contribution in [2.24, 2.45) is 0 Å². The molecule has 0 aromatic heterocycles. The van der Waals surface area contributed by atoms with E-state index < -0.39 is 18.1 Å². The maximum atomic E-state index is 11.0. The molecule has 74 valence electrons. The Hall–Kier alpha value is -1.79. The molecule has 0 unspecified atom stereocenters. The zero-order valence-corrected chi connectivity index (χ0v) is 7.67. The molecule has 0 aliphatic rings. The molecule has 0 heterocycles. The molecule has 0 aromatic rings. The highest BCUT2D eigenvalue weighted by molar-refractivity contribution is 6.00. The second-order valence-corrected chi connectivity index (χ2v) is 2.12. The van der Waals surface area contributed by atoms with E-state index in [2.05, 4.69) is 10.6 Å². The van der Waals surface area contributed by atoms with E-state index in [-0.39, 0.29) is 0 Å². The first-order valence-corrected chi connectivity index (χ1v) is 3.51. The van der Waals surface area contributed by atoms with E-state index >= 15 is 0 Å². The third-order valence-electron chi connectivity index (χ3n) is 1.27. The van der Waals surface area contributed by atoms with E-state index in [9.17, 15) is 14.4 Å². The molecule has 0 aliphatic carbocycles. The number of hydrogen-bond donors (Lipinski definition) is 3. The number of carbonyl (C=O) groups is 3. The summed E-state index contributed by atoms with van der Waals surface area (Å²) in [6.07, 6.45) is 0. The SMILES string of the molecule is CNC(=O)NC(=O)N(C)C(=O)NC. The lowest BCUT2D eigenvalue weighted by molar-refractivity contribution is 0.194. The van der Waals surface area contributed by atoms with Crippen molar-refractivity contribution >= 4 is 18.1 Å². The molecule has 0 saturated carbocycles. The quantitative estimate of drug-likeness (QED) is 0.469. The minimum atomic E-state index is -0.793. The van der Waals surface area contributed by atoms with E-state index in [1.165, 1.54) is 21.1 Å². The monoisotopic (exact) mass is 188 g/mol. The first-order valence-electron chi connectivity index (χ1n) is 3.51. The second kappa shape index (κ2) is 4.96. The summed E-state index contributed by atoms with van der Waals surface area (Å²) in [4.78, 5) is 33.2. The molecule has 0 aliphatic heterocycles. The molecule has 13 heavy (non-hydrogen) atoms. The average molecular weight is 188 g/mol. The van der Waals surface area contributed by atoms with Gasteiger partial charge in [-0.1, -0.05) is 0 Å². The van der Waals surface area contributed by atoms with Crippen LogP contribution in [0.1, 0.15) is 0 Å². The van der Waals surface area contributed by atoms with Crippen molar-refractivity contribution in [2.75, 3.05) is 21.1 Å². The largest absolute Gasteiger partial charge is 0.341 e. The van der Waals surface area contributed by atoms with Gasteiger partial charge in [-0.3, -0.25) is 5.32 Å². The maximum absolute atomic E-state index is 11.0. The Morgan fingerprint density at radius 2 is 1.54 bits per heavy atom. The number of imide groups is 2. The van der Waals surface area contributed by atoms with E-state index in [1.807, 2.05) is 5.32 Å². The fraction of sp³-hybridized carbons (Fsp3) is 0.500. The predicted octanol–water partition coefficient (Wildman–Crippen LogP) is -0.693. The smallest absolute Gasteiger partial charge is 0.333 e. The molecule has 0 saturated heterocycles. The summed E-state index contributed by atoms with van der Waals surface area (Å²) in [6, 6.07) is -2.05. The molecule has 0 bridgehead atoms. The van der Waals surface area contributed by atoms with Crippen LogP contribution in [0.2, 0.25) is 0 Å². The lowest BCUT2D eigenvalue weighted by Gasteiger charge is -2.14. The van der Waals surface area contributed by atoms with Gasteiger partial charge >= 0.3 is 18.1 Å². The van der Waals surface area contributed by atoms with Crippen molar-refractivity contribution in [3.05, 3.63) is 0 Å². The number of urea groups is 3. The van der Waals surface area contributed by atoms with Gasteiger partial charge in [-0.05, 0) is 0 Å². The molecule has 0 atom stereocenters. The van der Waals surface area contributed by atoms with E-state index in [0.29, 0.717) is 0 Å². The summed E-state index contributed by atoms with van der Waals surface area (Å²) in [6.45, 7) is 0. The average Bonchev–Trinajstić information content (AvgIpc) is 2.14. The van der Waals surface area contributed by atoms with Gasteiger partial charge in [0, 0.05) is 21.1 Å². The molecule has 7 heteroatoms. The number of nitrogens with one attached hydrogen (secondary N) is 3. The molecule has 0 spiro atoms. The van der Waals surface area contributed by atoms with Crippen LogP contribution in [0.3, 0.4) is 0 Å². The van der Waals surface area contributed by atoms with Gasteiger partial charge in [-0.15, -0.1) is 0 Å². The Balaban J connectivity index is 4.11. The van der Waals surface area contributed by atoms with Crippen LogP contribution >= 0.6 is 0 Å². The van der Waals surface area contributed by atoms with Gasteiger partial charge in [-0.25, -0.2) is 19.3 Å². The summed E-state index contributed by atoms with van der Waals surface area (Å²) in [5, 5.41) is 6.33. The molecule has 0 aromatic carbocycles. The Morgan fingerprint density at radius 1 is 1.00 bits per heavy atom. The van der Waals surface area contributed by atoms with Crippen molar-refractivity contribution in [3.8, 4) is 0 Å². The summed E-state index contributed by atoms with van der Waals surface area (Å²) < 4.78 is 0. The van der Waals surface area contributed by atoms with Crippen LogP contribution in [0.15, 0.2) is 0 Å². The first-order chi connectivity index (χ1) is 6.02. The Bertz CT molecular complexity index is 228. The van der Waals surface area contributed by atoms with Crippen molar-refractivity contribution < 1.29 is 14.4 Å². The Kier molecular flexibility index (Phi) is 4.28. The minimum Gasteiger partial charge on any atom is -0.341 e. The first kappa shape index (κ1) is 11.2. The number of nitrogens with zero attached hydrogens (tertiary/aromatic N) is 1. The van der Waals surface area contributed by atoms with Gasteiger partial charge in [0.1, 0.15) is 0 Å². The van der Waals surface area contributed by atoms with Crippen molar-refractivity contribution in [1.29, 1.82) is 0 Å². The van der Waals surface area contributed by atoms with Crippen LogP contribution in [0.25, 0.3) is 0 Å². The molecule has 6 amide bonds. The van der Waals surface area contributed by atoms with Gasteiger partial charge < -0.3 is 10.6 Å². The van der Waals surface area contributed by atoms with Crippen molar-refractivity contribution in [3.63, 3.8) is 0 Å². The highest BCUT2D eigenvalue weighted by Crippen LogP contribution is 1.84. The standard InChI is InChI=1S/C6H12N4O3/c1-7-4(11)9-6(13)10(3)5(12)8-2/h1-3H3,(H,8,12)(H2,7,9,11,13). The number of amides is 6. The van der Waals surface area contributed by atoms with Gasteiger partial charge in [0.25, 0.3) is 0 Å². The molecular formula is C6H12N4O3. The number of rotatable bonds is 0. The van der Waals surface area contributed by atoms with Crippen LogP contribution in [-0.2, 0) is 0 Å². The third kappa shape index (κ3) is 3.41. The van der Waals surface area contributed by atoms with Crippen LogP contribution in [0.4, 0.5) is 14.4 Å². The highest BCUT2D eigenvalue weighted by atomic mass is 16.2. The van der Waals surface area contributed by atoms with Crippen LogP contribution in [-0.4, -0.2) is 44.1 Å². The van der Waals surface area contributed by atoms with Gasteiger partial charge in [0.05, 0.1) is 0 Å². The van der Waals surface area contributed by atoms with Gasteiger partial charge in [0.15, 0.2) is 0 Å². The Labute approximate surface area is 75.5 Å². The van der Waals surface area contributed by atoms with E-state index in [1.54, 1.807) is 0 Å². The van der Waals surface area contributed by atoms with Gasteiger partial charge in [-0.2, -0.15) is 0 Å². The molecule has 0 rings (SSSR count). The second-order valence-electron chi connectivity index (χ2n) is 2.12. The molecule has 7 nitrogen and oxygen atoms in total. The van der Waals surface area contributed by atoms with Crippen molar-refractivity contribution in [2.45, 2.75) is 0 Å². The lowest BCUT2D eigenvalue weighted by Crippen LogP contribution is -2.49. The van der Waals surface area contributed by atoms with E-state index in [4.69, 9.17) is 0 Å². The predicted molar refractivity (Wildman–Crippen MR) is 45.2 cm³/mol. The van der Waals surface area contributed by atoms with Crippen molar-refractivity contribution in [1.82, 2.24) is 20.9 Å². The van der Waals surface area contributed by atoms with Crippen LogP contribution in [0, 0.1) is 0 Å². The highest BCUT2D eigenvalue weighted by Gasteiger charge is 2.16. The maximum Gasteiger partial charge on any atom is 0.333 e. The summed E-state index contributed by atoms with van der Waals surface area (Å²) in [7, 11) is 3.99. The zero-order valence-electron chi connectivity index (χ0n) is 7.67. The lowest BCUT2D eigenvalue weighted by atomic mass is 10.7.